The minimum absolute atomic E-state index is 0.0210. The molecule has 0 fully saturated rings. The van der Waals surface area contributed by atoms with Gasteiger partial charge in [0.15, 0.2) is 0 Å². The van der Waals surface area contributed by atoms with Crippen molar-refractivity contribution in [2.75, 3.05) is 50.3 Å². The number of aromatic hydroxyl groups is 3. The standard InChI is InChI=1S/C27H32N4O6.C27H31N3O7.C26H30N4O6/c1-16(2)26(35)37-12-11-36-24(33)10-7-18-13-20(27(4,5)6)25(34)23(14-18)31-29-21-9-8-19(28-17(3)32)15-22(21)30(29)31;1-16(2)26(34)36-12-11-35-24(32)10-7-18-13-20(27(4,5)6)25(33)23(14-18)30-28-21-9-8-19(37-17(3)31)15-22(21)29(28)30;1-16(2)24(33)36-13-12-35-23(32)11-7-17-6-10-22(31)21(14-17)30-28-19-9-8-18(15-20(19)29(28)30)27-25(34)26(3,4)5/h8-9,13-15,34H,1,7,10-12H2,2-6H3,(H,28,32);8-9,13-15,33H,1,7,10-12H2,2-6H3;6,8-10,14-15,31H,1,7,11-13H2,2-5H3,(H,27,34). The van der Waals surface area contributed by atoms with Crippen molar-refractivity contribution < 1.29 is 91.6 Å². The van der Waals surface area contributed by atoms with E-state index < -0.39 is 47.2 Å². The van der Waals surface area contributed by atoms with Crippen LogP contribution in [0.15, 0.2) is 134 Å². The maximum atomic E-state index is 12.3. The first kappa shape index (κ1) is 79.9. The van der Waals surface area contributed by atoms with E-state index >= 15 is 0 Å². The first-order valence-electron chi connectivity index (χ1n) is 35.6. The van der Waals surface area contributed by atoms with E-state index in [2.05, 4.69) is 30.4 Å². The van der Waals surface area contributed by atoms with Gasteiger partial charge in [-0.2, -0.15) is 0 Å². The van der Waals surface area contributed by atoms with E-state index in [1.54, 1.807) is 45.0 Å². The number of phenols is 3. The Kier molecular flexibility index (Phi) is 23.3. The van der Waals surface area contributed by atoms with Crippen LogP contribution in [0.4, 0.5) is 11.4 Å². The Morgan fingerprint density at radius 3 is 1.11 bits per heavy atom. The maximum absolute atomic E-state index is 12.3. The van der Waals surface area contributed by atoms with Crippen LogP contribution in [0.3, 0.4) is 0 Å². The fourth-order valence-electron chi connectivity index (χ4n) is 11.7. The van der Waals surface area contributed by atoms with Crippen LogP contribution >= 0.6 is 0 Å². The van der Waals surface area contributed by atoms with Crippen molar-refractivity contribution in [1.29, 1.82) is 0 Å². The zero-order valence-electron chi connectivity index (χ0n) is 64.2. The molecule has 0 unspecified atom stereocenters. The molecule has 6 aromatic carbocycles. The summed E-state index contributed by atoms with van der Waals surface area (Å²) >= 11 is 0. The number of anilines is 2. The highest BCUT2D eigenvalue weighted by molar-refractivity contribution is 5.97. The van der Waals surface area contributed by atoms with E-state index in [4.69, 9.17) is 33.2 Å². The fraction of sp³-hybridized carbons (Fsp3) is 0.362. The van der Waals surface area contributed by atoms with Crippen molar-refractivity contribution in [1.82, 2.24) is 42.2 Å². The third-order valence-corrected chi connectivity index (χ3v) is 17.5. The number of ether oxygens (including phenoxy) is 7. The van der Waals surface area contributed by atoms with Crippen molar-refractivity contribution in [2.45, 2.75) is 146 Å². The van der Waals surface area contributed by atoms with Gasteiger partial charge in [0.2, 0.25) is 11.8 Å². The highest BCUT2D eigenvalue weighted by Gasteiger charge is 2.34. The molecule has 12 aromatic rings. The molecular formula is C80H93N11O19. The summed E-state index contributed by atoms with van der Waals surface area (Å²) in [5, 5.41) is 38.5. The quantitative estimate of drug-likeness (QED) is 0.0105. The normalized spacial score (nSPS) is 11.8. The molecule has 12 rings (SSSR count). The first-order valence-corrected chi connectivity index (χ1v) is 35.6. The summed E-state index contributed by atoms with van der Waals surface area (Å²) in [5.74, 6) is -2.56. The van der Waals surface area contributed by atoms with Gasteiger partial charge in [-0.1, -0.05) is 100 Å². The topological polar surface area (TPSA) is 344 Å². The highest BCUT2D eigenvalue weighted by atomic mass is 16.6. The number of esters is 7. The molecule has 0 saturated heterocycles. The molecule has 6 heterocycles. The predicted molar refractivity (Wildman–Crippen MR) is 408 cm³/mol. The molecule has 0 aliphatic rings. The number of nitrogens with one attached hydrogen (secondary N) is 2. The van der Waals surface area contributed by atoms with Gasteiger partial charge in [0.1, 0.15) is 113 Å². The molecule has 0 bridgehead atoms. The summed E-state index contributed by atoms with van der Waals surface area (Å²) in [6.07, 6.45) is 1.63. The first-order chi connectivity index (χ1) is 51.7. The van der Waals surface area contributed by atoms with E-state index in [0.29, 0.717) is 53.4 Å². The maximum Gasteiger partial charge on any atom is 0.333 e. The summed E-state index contributed by atoms with van der Waals surface area (Å²) in [5.41, 5.74) is 12.4. The molecule has 0 aliphatic carbocycles. The molecule has 30 heteroatoms. The summed E-state index contributed by atoms with van der Waals surface area (Å²) in [4.78, 5) is 111. The van der Waals surface area contributed by atoms with Crippen LogP contribution in [0.25, 0.3) is 50.2 Å². The Balaban J connectivity index is 0.000000176. The molecule has 5 N–H and O–H groups in total. The minimum atomic E-state index is -0.525. The van der Waals surface area contributed by atoms with Crippen LogP contribution in [-0.2, 0) is 102 Å². The van der Waals surface area contributed by atoms with E-state index in [1.807, 2.05) is 177 Å². The number of benzene rings is 6. The molecule has 6 aromatic heterocycles. The molecular weight excluding hydrogens is 1420 g/mol. The van der Waals surface area contributed by atoms with Gasteiger partial charge < -0.3 is 59.1 Å². The van der Waals surface area contributed by atoms with Crippen molar-refractivity contribution in [2.24, 2.45) is 5.41 Å². The van der Waals surface area contributed by atoms with E-state index in [9.17, 15) is 58.5 Å². The summed E-state index contributed by atoms with van der Waals surface area (Å²) < 4.78 is 46.7. The Labute approximate surface area is 632 Å². The Morgan fingerprint density at radius 1 is 0.391 bits per heavy atom. The van der Waals surface area contributed by atoms with Crippen molar-refractivity contribution >= 4 is 98.1 Å². The molecule has 0 saturated carbocycles. The molecule has 2 amide bonds. The number of aryl methyl sites for hydroxylation is 3. The number of nitrogens with zero attached hydrogens (tertiary/aromatic N) is 9. The third-order valence-electron chi connectivity index (χ3n) is 17.5. The lowest BCUT2D eigenvalue weighted by Crippen LogP contribution is -2.27. The van der Waals surface area contributed by atoms with E-state index in [1.165, 1.54) is 13.8 Å². The lowest BCUT2D eigenvalue weighted by molar-refractivity contribution is -0.150. The number of hydrogen-bond acceptors (Lipinski definition) is 19. The molecule has 0 aliphatic heterocycles. The van der Waals surface area contributed by atoms with Gasteiger partial charge in [0.05, 0.1) is 0 Å². The van der Waals surface area contributed by atoms with Gasteiger partial charge in [0, 0.05) is 83.8 Å². The fourth-order valence-corrected chi connectivity index (χ4v) is 11.7. The number of aromatic nitrogens is 9. The third kappa shape index (κ3) is 18.3. The van der Waals surface area contributed by atoms with E-state index in [-0.39, 0.29) is 116 Å². The number of hydrogen-bond donors (Lipinski definition) is 5. The minimum Gasteiger partial charge on any atom is -0.506 e. The lowest BCUT2D eigenvalue weighted by Gasteiger charge is -2.22. The van der Waals surface area contributed by atoms with Crippen LogP contribution in [0.5, 0.6) is 23.0 Å². The number of fused-ring (bicyclic) bond motifs is 12. The van der Waals surface area contributed by atoms with Gasteiger partial charge in [-0.05, 0) is 140 Å². The molecule has 0 spiro atoms. The van der Waals surface area contributed by atoms with Gasteiger partial charge in [-0.15, -0.1) is 42.2 Å². The van der Waals surface area contributed by atoms with Crippen molar-refractivity contribution in [3.63, 3.8) is 0 Å². The second-order valence-corrected chi connectivity index (χ2v) is 29.9. The summed E-state index contributed by atoms with van der Waals surface area (Å²) in [6, 6.07) is 29.3. The van der Waals surface area contributed by atoms with Gasteiger partial charge in [0.25, 0.3) is 0 Å². The van der Waals surface area contributed by atoms with Crippen LogP contribution in [0, 0.1) is 5.41 Å². The van der Waals surface area contributed by atoms with Gasteiger partial charge in [-0.3, -0.25) is 28.8 Å². The summed E-state index contributed by atoms with van der Waals surface area (Å²) in [6.45, 7) is 35.4. The predicted octanol–water partition coefficient (Wildman–Crippen LogP) is 11.6. The number of carbonyl (C=O) groups is 9. The number of phenolic OH excluding ortho intramolecular Hbond substituents is 3. The summed E-state index contributed by atoms with van der Waals surface area (Å²) in [7, 11) is 0. The van der Waals surface area contributed by atoms with Gasteiger partial charge >= 0.3 is 41.8 Å². The second-order valence-electron chi connectivity index (χ2n) is 29.9. The average molecular weight is 1510 g/mol. The zero-order chi connectivity index (χ0) is 80.3. The van der Waals surface area contributed by atoms with Crippen LogP contribution < -0.4 is 15.4 Å². The number of carbonyl (C=O) groups excluding carboxylic acids is 9. The second kappa shape index (κ2) is 32.1. The molecule has 110 heavy (non-hydrogen) atoms. The van der Waals surface area contributed by atoms with Crippen LogP contribution in [0.2, 0.25) is 0 Å². The molecule has 0 atom stereocenters. The highest BCUT2D eigenvalue weighted by Crippen LogP contribution is 2.42. The largest absolute Gasteiger partial charge is 0.506 e. The Hall–Kier alpha value is -12.6. The molecule has 30 nitrogen and oxygen atoms in total. The van der Waals surface area contributed by atoms with Gasteiger partial charge in [-0.25, -0.2) is 14.4 Å². The Bertz CT molecular complexity index is 5280. The zero-order valence-corrected chi connectivity index (χ0v) is 64.2. The van der Waals surface area contributed by atoms with Crippen molar-refractivity contribution in [3.05, 3.63) is 161 Å². The Morgan fingerprint density at radius 2 is 0.736 bits per heavy atom. The number of amides is 2. The van der Waals surface area contributed by atoms with Crippen molar-refractivity contribution in [3.8, 4) is 40.1 Å². The lowest BCUT2D eigenvalue weighted by atomic mass is 9.84. The van der Waals surface area contributed by atoms with Crippen LogP contribution in [0.1, 0.15) is 144 Å². The van der Waals surface area contributed by atoms with E-state index in [0.717, 1.165) is 60.9 Å². The molecule has 582 valence electrons. The SMILES string of the molecule is C=C(C)C(=O)OCCOC(=O)CCc1cc(-n2n3c4ccc(NC(C)=O)cc4n23)c(O)c(C(C)(C)C)c1.C=C(C)C(=O)OCCOC(=O)CCc1cc(-n2n3c4ccc(OC(C)=O)cc4n23)c(O)c(C(C)(C)C)c1.C=C(C)C(=O)OCCOC(=O)CCc1ccc(O)c(-n2n3c4ccc(NC(=O)C(C)(C)C)cc4n23)c1. The average Bonchev–Trinajstić information content (AvgIpc) is 1.52. The van der Waals surface area contributed by atoms with Crippen LogP contribution in [-0.4, -0.2) is 151 Å². The smallest absolute Gasteiger partial charge is 0.333 e. The monoisotopic (exact) mass is 1510 g/mol. The number of rotatable bonds is 27. The molecule has 0 radical (unpaired) electrons.